The van der Waals surface area contributed by atoms with Crippen molar-refractivity contribution in [1.29, 1.82) is 0 Å². The molecule has 2 atom stereocenters. The summed E-state index contributed by atoms with van der Waals surface area (Å²) in [5.41, 5.74) is -1.50. The number of fused-ring (bicyclic) bond motifs is 1. The fraction of sp³-hybridized carbons (Fsp3) is 0.304. The minimum absolute atomic E-state index is 0.0705. The van der Waals surface area contributed by atoms with Gasteiger partial charge in [-0.3, -0.25) is 9.59 Å². The Morgan fingerprint density at radius 3 is 2.36 bits per heavy atom. The Labute approximate surface area is 218 Å². The van der Waals surface area contributed by atoms with Gasteiger partial charge in [0.1, 0.15) is 34.2 Å². The van der Waals surface area contributed by atoms with Crippen LogP contribution >= 0.6 is 11.3 Å². The molecule has 1 aliphatic heterocycles. The smallest absolute Gasteiger partial charge is 0.443 e. The molecule has 8 nitrogen and oxygen atoms in total. The van der Waals surface area contributed by atoms with Crippen molar-refractivity contribution in [1.82, 2.24) is 15.3 Å². The molecule has 2 aromatic heterocycles. The SMILES string of the molecule is C[C@]1(C(N)=O)COc2c1cc(C(O)(CNC(=O)c1cnc(C(F)(F)F)s1)C(F)(F)F)nc2-c1ccc(F)cc1. The average molecular weight is 578 g/mol. The number of nitrogens with one attached hydrogen (secondary N) is 1. The lowest BCUT2D eigenvalue weighted by atomic mass is 9.81. The van der Waals surface area contributed by atoms with E-state index in [1.54, 1.807) is 5.32 Å². The van der Waals surface area contributed by atoms with E-state index in [4.69, 9.17) is 10.5 Å². The molecule has 1 unspecified atom stereocenters. The molecule has 0 fully saturated rings. The minimum atomic E-state index is -5.49. The molecule has 1 aliphatic rings. The van der Waals surface area contributed by atoms with Crippen LogP contribution in [-0.4, -0.2) is 46.2 Å². The van der Waals surface area contributed by atoms with Gasteiger partial charge in [0.25, 0.3) is 5.91 Å². The van der Waals surface area contributed by atoms with Gasteiger partial charge < -0.3 is 20.9 Å². The van der Waals surface area contributed by atoms with E-state index >= 15 is 0 Å². The van der Waals surface area contributed by atoms with Crippen molar-refractivity contribution in [3.63, 3.8) is 0 Å². The number of pyridine rings is 1. The highest BCUT2D eigenvalue weighted by molar-refractivity contribution is 7.13. The molecule has 2 amide bonds. The van der Waals surface area contributed by atoms with E-state index in [-0.39, 0.29) is 40.5 Å². The lowest BCUT2D eigenvalue weighted by Gasteiger charge is -2.31. The average Bonchev–Trinajstić information content (AvgIpc) is 3.48. The normalized spacial score (nSPS) is 18.7. The van der Waals surface area contributed by atoms with Gasteiger partial charge in [-0.1, -0.05) is 0 Å². The molecule has 0 saturated heterocycles. The summed E-state index contributed by atoms with van der Waals surface area (Å²) in [6, 6.07) is 5.12. The molecule has 16 heteroatoms. The second kappa shape index (κ2) is 9.44. The molecule has 0 saturated carbocycles. The number of amides is 2. The van der Waals surface area contributed by atoms with Crippen LogP contribution in [-0.2, 0) is 22.0 Å². The van der Waals surface area contributed by atoms with E-state index in [0.29, 0.717) is 6.20 Å². The summed E-state index contributed by atoms with van der Waals surface area (Å²) >= 11 is -0.103. The fourth-order valence-corrected chi connectivity index (χ4v) is 4.44. The number of ether oxygens (including phenoxy) is 1. The van der Waals surface area contributed by atoms with Gasteiger partial charge in [-0.15, -0.1) is 11.3 Å². The molecule has 4 N–H and O–H groups in total. The summed E-state index contributed by atoms with van der Waals surface area (Å²) in [6.45, 7) is -0.641. The monoisotopic (exact) mass is 578 g/mol. The predicted octanol–water partition coefficient (Wildman–Crippen LogP) is 3.68. The van der Waals surface area contributed by atoms with Gasteiger partial charge in [0, 0.05) is 11.1 Å². The number of hydrogen-bond donors (Lipinski definition) is 3. The summed E-state index contributed by atoms with van der Waals surface area (Å²) in [4.78, 5) is 30.9. The molecule has 39 heavy (non-hydrogen) atoms. The zero-order valence-corrected chi connectivity index (χ0v) is 20.4. The number of halogens is 7. The first kappa shape index (κ1) is 28.2. The Bertz CT molecular complexity index is 1440. The summed E-state index contributed by atoms with van der Waals surface area (Å²) < 4.78 is 100. The number of hydrogen-bond acceptors (Lipinski definition) is 7. The maximum Gasteiger partial charge on any atom is 0.443 e. The molecule has 0 aliphatic carbocycles. The number of aliphatic hydroxyl groups is 1. The Morgan fingerprint density at radius 1 is 1.18 bits per heavy atom. The molecule has 4 rings (SSSR count). The third-order valence-electron chi connectivity index (χ3n) is 6.10. The standard InChI is InChI=1S/C23H17F7N4O4S/c1-20(18(31)36)9-38-16-12(20)6-14(34-15(16)10-2-4-11(24)5-3-10)21(37,23(28,29)30)8-33-17(35)13-7-32-19(39-13)22(25,26)27/h2-7,37H,8-9H2,1H3,(H2,31,36)(H,33,35)/t20-,21?/m0/s1. The number of carbonyl (C=O) groups is 2. The zero-order valence-electron chi connectivity index (χ0n) is 19.6. The van der Waals surface area contributed by atoms with Crippen molar-refractivity contribution in [2.45, 2.75) is 30.3 Å². The highest BCUT2D eigenvalue weighted by atomic mass is 32.1. The van der Waals surface area contributed by atoms with Gasteiger partial charge in [0.05, 0.1) is 18.4 Å². The Balaban J connectivity index is 1.80. The first-order valence-electron chi connectivity index (χ1n) is 10.8. The molecule has 0 radical (unpaired) electrons. The van der Waals surface area contributed by atoms with Crippen molar-refractivity contribution < 1.29 is 50.2 Å². The number of carbonyl (C=O) groups excluding carboxylic acids is 2. The second-order valence-corrected chi connectivity index (χ2v) is 9.82. The molecule has 0 bridgehead atoms. The van der Waals surface area contributed by atoms with Crippen LogP contribution in [0.2, 0.25) is 0 Å². The second-order valence-electron chi connectivity index (χ2n) is 8.79. The molecular weight excluding hydrogens is 561 g/mol. The van der Waals surface area contributed by atoms with Crippen LogP contribution in [0.15, 0.2) is 36.5 Å². The summed E-state index contributed by atoms with van der Waals surface area (Å²) in [6.07, 6.45) is -9.84. The van der Waals surface area contributed by atoms with Crippen molar-refractivity contribution >= 4 is 23.2 Å². The van der Waals surface area contributed by atoms with Crippen LogP contribution in [0, 0.1) is 5.82 Å². The Hall–Kier alpha value is -3.79. The van der Waals surface area contributed by atoms with Crippen molar-refractivity contribution in [2.75, 3.05) is 13.2 Å². The van der Waals surface area contributed by atoms with Gasteiger partial charge in [-0.25, -0.2) is 14.4 Å². The fourth-order valence-electron chi connectivity index (χ4n) is 3.74. The highest BCUT2D eigenvalue weighted by Gasteiger charge is 2.57. The Kier molecular flexibility index (Phi) is 6.83. The number of rotatable bonds is 6. The predicted molar refractivity (Wildman–Crippen MR) is 121 cm³/mol. The van der Waals surface area contributed by atoms with Crippen molar-refractivity contribution in [3.8, 4) is 17.0 Å². The quantitative estimate of drug-likeness (QED) is 0.383. The maximum absolute atomic E-state index is 14.3. The molecular formula is C23H17F7N4O4S. The third kappa shape index (κ3) is 5.01. The topological polar surface area (TPSA) is 127 Å². The summed E-state index contributed by atoms with van der Waals surface area (Å²) in [5.74, 6) is -3.11. The van der Waals surface area contributed by atoms with Crippen LogP contribution in [0.25, 0.3) is 11.3 Å². The highest BCUT2D eigenvalue weighted by Crippen LogP contribution is 2.47. The van der Waals surface area contributed by atoms with Crippen molar-refractivity contribution in [3.05, 3.63) is 63.5 Å². The number of thiazole rings is 1. The van der Waals surface area contributed by atoms with Gasteiger partial charge >= 0.3 is 12.4 Å². The molecule has 208 valence electrons. The number of nitrogens with zero attached hydrogens (tertiary/aromatic N) is 2. The van der Waals surface area contributed by atoms with E-state index in [9.17, 15) is 45.4 Å². The number of benzene rings is 1. The van der Waals surface area contributed by atoms with E-state index in [2.05, 4.69) is 9.97 Å². The van der Waals surface area contributed by atoms with E-state index in [1.807, 2.05) is 0 Å². The van der Waals surface area contributed by atoms with Gasteiger partial charge in [-0.05, 0) is 37.3 Å². The van der Waals surface area contributed by atoms with Crippen molar-refractivity contribution in [2.24, 2.45) is 5.73 Å². The van der Waals surface area contributed by atoms with Crippen LogP contribution < -0.4 is 15.8 Å². The number of aromatic nitrogens is 2. The molecule has 1 aromatic carbocycles. The number of primary amides is 1. The minimum Gasteiger partial charge on any atom is -0.489 e. The first-order valence-corrected chi connectivity index (χ1v) is 11.6. The van der Waals surface area contributed by atoms with E-state index in [0.717, 1.165) is 18.2 Å². The Morgan fingerprint density at radius 2 is 1.82 bits per heavy atom. The van der Waals surface area contributed by atoms with Crippen LogP contribution in [0.5, 0.6) is 5.75 Å². The van der Waals surface area contributed by atoms with Gasteiger partial charge in [-0.2, -0.15) is 26.3 Å². The number of nitrogens with two attached hydrogens (primary N) is 1. The largest absolute Gasteiger partial charge is 0.489 e. The van der Waals surface area contributed by atoms with Crippen LogP contribution in [0.3, 0.4) is 0 Å². The first-order chi connectivity index (χ1) is 18.0. The lowest BCUT2D eigenvalue weighted by molar-refractivity contribution is -0.265. The van der Waals surface area contributed by atoms with Crippen LogP contribution in [0.4, 0.5) is 30.7 Å². The van der Waals surface area contributed by atoms with E-state index in [1.165, 1.54) is 19.1 Å². The molecule has 0 spiro atoms. The van der Waals surface area contributed by atoms with Gasteiger partial charge in [0.2, 0.25) is 11.5 Å². The summed E-state index contributed by atoms with van der Waals surface area (Å²) in [7, 11) is 0. The molecule has 3 aromatic rings. The third-order valence-corrected chi connectivity index (χ3v) is 7.14. The van der Waals surface area contributed by atoms with Gasteiger partial charge in [0.15, 0.2) is 5.01 Å². The maximum atomic E-state index is 14.3. The lowest BCUT2D eigenvalue weighted by Crippen LogP contribution is -2.51. The molecule has 3 heterocycles. The zero-order chi connectivity index (χ0) is 29.0. The van der Waals surface area contributed by atoms with Crippen LogP contribution in [0.1, 0.15) is 32.9 Å². The summed E-state index contributed by atoms with van der Waals surface area (Å²) in [5, 5.41) is 11.3. The van der Waals surface area contributed by atoms with E-state index < -0.39 is 63.1 Å². The number of alkyl halides is 6.